The molecule has 2 aromatic carbocycles. The Balaban J connectivity index is 1.98. The third-order valence-electron chi connectivity index (χ3n) is 5.69. The van der Waals surface area contributed by atoms with Crippen LogP contribution in [0.1, 0.15) is 46.0 Å². The van der Waals surface area contributed by atoms with E-state index in [2.05, 4.69) is 0 Å². The standard InChI is InChI=1S/C27H28N2O6/c1-5-14-35-20-9-7-19(8-10-20)25(30)24-17(2)21(16-28)26(31)29(27(24)32)13-12-18-6-11-22(33-3)23(15-18)34-4/h6-11,15,32H,5,12-14H2,1-4H3. The van der Waals surface area contributed by atoms with Crippen molar-refractivity contribution in [3.05, 3.63) is 80.6 Å². The predicted octanol–water partition coefficient (Wildman–Crippen LogP) is 4.01. The molecular weight excluding hydrogens is 448 g/mol. The van der Waals surface area contributed by atoms with Crippen molar-refractivity contribution < 1.29 is 24.1 Å². The summed E-state index contributed by atoms with van der Waals surface area (Å²) in [5.74, 6) is 0.770. The molecule has 3 rings (SSSR count). The summed E-state index contributed by atoms with van der Waals surface area (Å²) in [6.45, 7) is 4.10. The normalized spacial score (nSPS) is 10.5. The molecule has 0 saturated heterocycles. The Morgan fingerprint density at radius 1 is 1.09 bits per heavy atom. The Hall–Kier alpha value is -4.25. The van der Waals surface area contributed by atoms with E-state index in [0.29, 0.717) is 35.8 Å². The minimum absolute atomic E-state index is 0.0547. The van der Waals surface area contributed by atoms with Gasteiger partial charge in [-0.3, -0.25) is 14.2 Å². The number of benzene rings is 2. The average molecular weight is 477 g/mol. The highest BCUT2D eigenvalue weighted by molar-refractivity contribution is 6.11. The number of aryl methyl sites for hydroxylation is 1. The van der Waals surface area contributed by atoms with Gasteiger partial charge in [-0.05, 0) is 67.3 Å². The largest absolute Gasteiger partial charge is 0.494 e. The van der Waals surface area contributed by atoms with Gasteiger partial charge in [0, 0.05) is 12.1 Å². The lowest BCUT2D eigenvalue weighted by Gasteiger charge is -2.16. The van der Waals surface area contributed by atoms with Crippen LogP contribution >= 0.6 is 0 Å². The molecule has 0 bridgehead atoms. The molecule has 1 aromatic heterocycles. The van der Waals surface area contributed by atoms with Gasteiger partial charge in [0.25, 0.3) is 5.56 Å². The molecule has 0 aliphatic heterocycles. The molecule has 0 fully saturated rings. The molecule has 182 valence electrons. The zero-order valence-corrected chi connectivity index (χ0v) is 20.3. The Kier molecular flexibility index (Phi) is 8.16. The first kappa shape index (κ1) is 25.4. The first-order chi connectivity index (χ1) is 16.9. The van der Waals surface area contributed by atoms with E-state index in [-0.39, 0.29) is 23.2 Å². The van der Waals surface area contributed by atoms with Gasteiger partial charge in [-0.1, -0.05) is 13.0 Å². The molecular formula is C27H28N2O6. The van der Waals surface area contributed by atoms with Crippen molar-refractivity contribution in [1.82, 2.24) is 4.57 Å². The number of ketones is 1. The minimum atomic E-state index is -0.650. The number of nitrogens with zero attached hydrogens (tertiary/aromatic N) is 2. The van der Waals surface area contributed by atoms with Gasteiger partial charge < -0.3 is 19.3 Å². The van der Waals surface area contributed by atoms with E-state index in [1.165, 1.54) is 21.1 Å². The molecule has 0 aliphatic rings. The molecule has 1 N–H and O–H groups in total. The molecule has 0 unspecified atom stereocenters. The van der Waals surface area contributed by atoms with Gasteiger partial charge in [0.15, 0.2) is 17.3 Å². The highest BCUT2D eigenvalue weighted by Gasteiger charge is 2.25. The van der Waals surface area contributed by atoms with Gasteiger partial charge in [-0.15, -0.1) is 0 Å². The first-order valence-electron chi connectivity index (χ1n) is 11.2. The minimum Gasteiger partial charge on any atom is -0.494 e. The second kappa shape index (κ2) is 11.3. The van der Waals surface area contributed by atoms with Gasteiger partial charge in [0.05, 0.1) is 26.4 Å². The maximum Gasteiger partial charge on any atom is 0.271 e. The Morgan fingerprint density at radius 3 is 2.37 bits per heavy atom. The SMILES string of the molecule is CCCOc1ccc(C(=O)c2c(C)c(C#N)c(=O)n(CCc3ccc(OC)c(OC)c3)c2O)cc1. The molecule has 0 radical (unpaired) electrons. The molecule has 0 amide bonds. The molecule has 0 aliphatic carbocycles. The molecule has 35 heavy (non-hydrogen) atoms. The van der Waals surface area contributed by atoms with Gasteiger partial charge >= 0.3 is 0 Å². The highest BCUT2D eigenvalue weighted by Crippen LogP contribution is 2.29. The lowest BCUT2D eigenvalue weighted by Crippen LogP contribution is -2.27. The van der Waals surface area contributed by atoms with Crippen LogP contribution in [-0.2, 0) is 13.0 Å². The maximum absolute atomic E-state index is 13.3. The summed E-state index contributed by atoms with van der Waals surface area (Å²) in [6.07, 6.45) is 1.20. The molecule has 8 heteroatoms. The topological polar surface area (TPSA) is 111 Å². The Morgan fingerprint density at radius 2 is 1.77 bits per heavy atom. The molecule has 8 nitrogen and oxygen atoms in total. The number of rotatable bonds is 10. The van der Waals surface area contributed by atoms with Crippen molar-refractivity contribution in [3.8, 4) is 29.2 Å². The monoisotopic (exact) mass is 476 g/mol. The van der Waals surface area contributed by atoms with Crippen molar-refractivity contribution in [2.24, 2.45) is 0 Å². The van der Waals surface area contributed by atoms with Crippen molar-refractivity contribution in [2.75, 3.05) is 20.8 Å². The quantitative estimate of drug-likeness (QED) is 0.440. The summed E-state index contributed by atoms with van der Waals surface area (Å²) in [5.41, 5.74) is 0.373. The summed E-state index contributed by atoms with van der Waals surface area (Å²) in [7, 11) is 3.06. The highest BCUT2D eigenvalue weighted by atomic mass is 16.5. The van der Waals surface area contributed by atoms with Crippen LogP contribution in [0.5, 0.6) is 23.1 Å². The van der Waals surface area contributed by atoms with Gasteiger partial charge in [0.2, 0.25) is 5.88 Å². The zero-order valence-electron chi connectivity index (χ0n) is 20.3. The number of aromatic nitrogens is 1. The van der Waals surface area contributed by atoms with E-state index in [1.807, 2.05) is 19.1 Å². The number of hydrogen-bond donors (Lipinski definition) is 1. The van der Waals surface area contributed by atoms with Gasteiger partial charge in [0.1, 0.15) is 17.4 Å². The fourth-order valence-electron chi connectivity index (χ4n) is 3.77. The van der Waals surface area contributed by atoms with Crippen molar-refractivity contribution in [1.29, 1.82) is 5.26 Å². The maximum atomic E-state index is 13.3. The third kappa shape index (κ3) is 5.30. The number of ether oxygens (including phenoxy) is 3. The summed E-state index contributed by atoms with van der Waals surface area (Å²) >= 11 is 0. The van der Waals surface area contributed by atoms with Crippen LogP contribution in [0.3, 0.4) is 0 Å². The molecule has 3 aromatic rings. The summed E-state index contributed by atoms with van der Waals surface area (Å²) in [5, 5.41) is 20.6. The van der Waals surface area contributed by atoms with Crippen LogP contribution in [0.2, 0.25) is 0 Å². The fraction of sp³-hybridized carbons (Fsp3) is 0.296. The van der Waals surface area contributed by atoms with Crippen LogP contribution in [0.25, 0.3) is 0 Å². The van der Waals surface area contributed by atoms with Crippen LogP contribution in [0.15, 0.2) is 47.3 Å². The number of carbonyl (C=O) groups is 1. The lowest BCUT2D eigenvalue weighted by atomic mass is 9.97. The van der Waals surface area contributed by atoms with Crippen LogP contribution in [-0.4, -0.2) is 36.3 Å². The molecule has 0 atom stereocenters. The summed E-state index contributed by atoms with van der Waals surface area (Å²) in [6, 6.07) is 13.8. The first-order valence-corrected chi connectivity index (χ1v) is 11.2. The summed E-state index contributed by atoms with van der Waals surface area (Å²) in [4.78, 5) is 26.3. The number of nitriles is 1. The number of methoxy groups -OCH3 is 2. The van der Waals surface area contributed by atoms with Crippen molar-refractivity contribution >= 4 is 5.78 Å². The smallest absolute Gasteiger partial charge is 0.271 e. The second-order valence-electron chi connectivity index (χ2n) is 7.91. The van der Waals surface area contributed by atoms with E-state index < -0.39 is 17.2 Å². The van der Waals surface area contributed by atoms with E-state index in [1.54, 1.807) is 36.4 Å². The van der Waals surface area contributed by atoms with Crippen LogP contribution < -0.4 is 19.8 Å². The van der Waals surface area contributed by atoms with Crippen LogP contribution in [0, 0.1) is 18.3 Å². The van der Waals surface area contributed by atoms with Crippen LogP contribution in [0.4, 0.5) is 0 Å². The number of carbonyl (C=O) groups excluding carboxylic acids is 1. The fourth-order valence-corrected chi connectivity index (χ4v) is 3.77. The Labute approximate surface area is 203 Å². The average Bonchev–Trinajstić information content (AvgIpc) is 2.87. The number of hydrogen-bond acceptors (Lipinski definition) is 7. The molecule has 0 spiro atoms. The van der Waals surface area contributed by atoms with E-state index in [0.717, 1.165) is 16.6 Å². The Bertz CT molecular complexity index is 1320. The predicted molar refractivity (Wildman–Crippen MR) is 131 cm³/mol. The van der Waals surface area contributed by atoms with E-state index in [9.17, 15) is 20.0 Å². The van der Waals surface area contributed by atoms with E-state index >= 15 is 0 Å². The van der Waals surface area contributed by atoms with Crippen molar-refractivity contribution in [2.45, 2.75) is 33.2 Å². The van der Waals surface area contributed by atoms with Gasteiger partial charge in [-0.25, -0.2) is 0 Å². The molecule has 0 saturated carbocycles. The summed E-state index contributed by atoms with van der Waals surface area (Å²) < 4.78 is 17.2. The van der Waals surface area contributed by atoms with Crippen molar-refractivity contribution in [3.63, 3.8) is 0 Å². The second-order valence-corrected chi connectivity index (χ2v) is 7.91. The number of pyridine rings is 1. The zero-order chi connectivity index (χ0) is 25.5. The number of aromatic hydroxyl groups is 1. The van der Waals surface area contributed by atoms with E-state index in [4.69, 9.17) is 14.2 Å². The lowest BCUT2D eigenvalue weighted by molar-refractivity contribution is 0.103. The molecule has 1 heterocycles. The third-order valence-corrected chi connectivity index (χ3v) is 5.69. The van der Waals surface area contributed by atoms with Gasteiger partial charge in [-0.2, -0.15) is 5.26 Å².